The maximum Gasteiger partial charge on any atom is 0.232 e. The van der Waals surface area contributed by atoms with Crippen LogP contribution in [0.3, 0.4) is 0 Å². The molecule has 0 radical (unpaired) electrons. The van der Waals surface area contributed by atoms with E-state index in [1.54, 1.807) is 0 Å². The number of carbonyl (C=O) groups is 1. The van der Waals surface area contributed by atoms with Crippen LogP contribution in [0, 0.1) is 19.8 Å². The largest absolute Gasteiger partial charge is 0.322 e. The Bertz CT molecular complexity index is 612. The molecule has 1 aromatic heterocycles. The smallest absolute Gasteiger partial charge is 0.232 e. The lowest BCUT2D eigenvalue weighted by molar-refractivity contribution is -0.118. The van der Waals surface area contributed by atoms with Crippen LogP contribution in [0.15, 0.2) is 24.3 Å². The second-order valence-corrected chi connectivity index (χ2v) is 6.01. The number of aromatic nitrogens is 2. The van der Waals surface area contributed by atoms with Crippen LogP contribution in [0.25, 0.3) is 0 Å². The Morgan fingerprint density at radius 3 is 2.33 bits per heavy atom. The number of carbonyl (C=O) groups excluding carboxylic acids is 1. The van der Waals surface area contributed by atoms with E-state index in [-0.39, 0.29) is 17.7 Å². The molecule has 2 N–H and O–H groups in total. The standard InChI is InChI=1S/C16H20ClN3O/c1-9(2)14(12-5-7-13(17)8-6-12)16(21)18-15-10(3)19-20-11(15)4/h5-9,14H,1-4H3,(H,18,21)(H,19,20). The summed E-state index contributed by atoms with van der Waals surface area (Å²) in [5.41, 5.74) is 3.38. The predicted molar refractivity (Wildman–Crippen MR) is 85.7 cm³/mol. The fraction of sp³-hybridized carbons (Fsp3) is 0.375. The van der Waals surface area contributed by atoms with Crippen molar-refractivity contribution in [3.8, 4) is 0 Å². The van der Waals surface area contributed by atoms with E-state index in [0.717, 1.165) is 22.6 Å². The summed E-state index contributed by atoms with van der Waals surface area (Å²) in [5.74, 6) is -0.0745. The summed E-state index contributed by atoms with van der Waals surface area (Å²) >= 11 is 5.92. The first-order valence-corrected chi connectivity index (χ1v) is 7.36. The summed E-state index contributed by atoms with van der Waals surface area (Å²) in [6.45, 7) is 7.83. The highest BCUT2D eigenvalue weighted by atomic mass is 35.5. The lowest BCUT2D eigenvalue weighted by Gasteiger charge is -2.21. The van der Waals surface area contributed by atoms with Crippen molar-refractivity contribution >= 4 is 23.2 Å². The Morgan fingerprint density at radius 1 is 1.24 bits per heavy atom. The minimum absolute atomic E-state index is 0.0278. The van der Waals surface area contributed by atoms with Gasteiger partial charge in [0.05, 0.1) is 23.0 Å². The van der Waals surface area contributed by atoms with Crippen molar-refractivity contribution in [2.45, 2.75) is 33.6 Å². The van der Waals surface area contributed by atoms with Crippen LogP contribution in [0.1, 0.15) is 36.7 Å². The van der Waals surface area contributed by atoms with Crippen molar-refractivity contribution in [2.24, 2.45) is 5.92 Å². The SMILES string of the molecule is Cc1n[nH]c(C)c1NC(=O)C(c1ccc(Cl)cc1)C(C)C. The van der Waals surface area contributed by atoms with Crippen molar-refractivity contribution < 1.29 is 4.79 Å². The molecule has 4 nitrogen and oxygen atoms in total. The minimum Gasteiger partial charge on any atom is -0.322 e. The number of benzene rings is 1. The fourth-order valence-corrected chi connectivity index (χ4v) is 2.57. The van der Waals surface area contributed by atoms with Crippen LogP contribution >= 0.6 is 11.6 Å². The molecule has 0 aliphatic heterocycles. The lowest BCUT2D eigenvalue weighted by Crippen LogP contribution is -2.25. The van der Waals surface area contributed by atoms with E-state index in [0.29, 0.717) is 5.02 Å². The molecular formula is C16H20ClN3O. The van der Waals surface area contributed by atoms with E-state index in [4.69, 9.17) is 11.6 Å². The quantitative estimate of drug-likeness (QED) is 0.895. The number of H-pyrrole nitrogens is 1. The molecule has 0 aliphatic carbocycles. The molecule has 112 valence electrons. The van der Waals surface area contributed by atoms with Crippen molar-refractivity contribution in [3.05, 3.63) is 46.2 Å². The molecule has 0 spiro atoms. The van der Waals surface area contributed by atoms with Gasteiger partial charge in [0, 0.05) is 5.02 Å². The number of anilines is 1. The number of aryl methyl sites for hydroxylation is 2. The first-order valence-electron chi connectivity index (χ1n) is 6.98. The third kappa shape index (κ3) is 3.45. The second kappa shape index (κ2) is 6.31. The number of rotatable bonds is 4. The van der Waals surface area contributed by atoms with Crippen molar-refractivity contribution in [2.75, 3.05) is 5.32 Å². The zero-order valence-electron chi connectivity index (χ0n) is 12.7. The van der Waals surface area contributed by atoms with Gasteiger partial charge in [0.15, 0.2) is 0 Å². The normalized spacial score (nSPS) is 12.5. The van der Waals surface area contributed by atoms with Crippen molar-refractivity contribution in [1.29, 1.82) is 0 Å². The lowest BCUT2D eigenvalue weighted by atomic mass is 9.87. The molecule has 21 heavy (non-hydrogen) atoms. The first kappa shape index (κ1) is 15.6. The van der Waals surface area contributed by atoms with Gasteiger partial charge in [-0.3, -0.25) is 9.89 Å². The van der Waals surface area contributed by atoms with Crippen LogP contribution < -0.4 is 5.32 Å². The number of hydrogen-bond acceptors (Lipinski definition) is 2. The molecular weight excluding hydrogens is 286 g/mol. The van der Waals surface area contributed by atoms with Gasteiger partial charge >= 0.3 is 0 Å². The van der Waals surface area contributed by atoms with E-state index in [2.05, 4.69) is 15.5 Å². The van der Waals surface area contributed by atoms with Crippen LogP contribution in [0.4, 0.5) is 5.69 Å². The molecule has 1 amide bonds. The number of hydrogen-bond donors (Lipinski definition) is 2. The Kier molecular flexibility index (Phi) is 4.68. The Balaban J connectivity index is 2.26. The van der Waals surface area contributed by atoms with Crippen LogP contribution in [0.2, 0.25) is 5.02 Å². The molecule has 0 saturated heterocycles. The van der Waals surface area contributed by atoms with Crippen LogP contribution in [-0.4, -0.2) is 16.1 Å². The molecule has 0 saturated carbocycles. The highest BCUT2D eigenvalue weighted by molar-refractivity contribution is 6.30. The van der Waals surface area contributed by atoms with Crippen molar-refractivity contribution in [1.82, 2.24) is 10.2 Å². The summed E-state index contributed by atoms with van der Waals surface area (Å²) in [5, 5.41) is 10.6. The fourth-order valence-electron chi connectivity index (χ4n) is 2.45. The van der Waals surface area contributed by atoms with E-state index in [1.165, 1.54) is 0 Å². The highest BCUT2D eigenvalue weighted by Crippen LogP contribution is 2.28. The van der Waals surface area contributed by atoms with Gasteiger partial charge in [-0.1, -0.05) is 37.6 Å². The summed E-state index contributed by atoms with van der Waals surface area (Å²) in [4.78, 5) is 12.7. The molecule has 1 heterocycles. The summed E-state index contributed by atoms with van der Waals surface area (Å²) in [6, 6.07) is 7.44. The van der Waals surface area contributed by atoms with Gasteiger partial charge in [0.2, 0.25) is 5.91 Å². The summed E-state index contributed by atoms with van der Waals surface area (Å²) in [6.07, 6.45) is 0. The van der Waals surface area contributed by atoms with Gasteiger partial charge in [-0.25, -0.2) is 0 Å². The van der Waals surface area contributed by atoms with Crippen LogP contribution in [0.5, 0.6) is 0 Å². The topological polar surface area (TPSA) is 57.8 Å². The Hall–Kier alpha value is -1.81. The average molecular weight is 306 g/mol. The molecule has 5 heteroatoms. The molecule has 1 unspecified atom stereocenters. The van der Waals surface area contributed by atoms with Gasteiger partial charge in [0.1, 0.15) is 0 Å². The molecule has 2 rings (SSSR count). The maximum absolute atomic E-state index is 12.7. The monoisotopic (exact) mass is 305 g/mol. The predicted octanol–water partition coefficient (Wildman–Crippen LogP) is 4.06. The zero-order chi connectivity index (χ0) is 15.6. The van der Waals surface area contributed by atoms with Crippen molar-refractivity contribution in [3.63, 3.8) is 0 Å². The van der Waals surface area contributed by atoms with Gasteiger partial charge in [0.25, 0.3) is 0 Å². The summed E-state index contributed by atoms with van der Waals surface area (Å²) in [7, 11) is 0. The third-order valence-electron chi connectivity index (χ3n) is 3.55. The highest BCUT2D eigenvalue weighted by Gasteiger charge is 2.25. The van der Waals surface area contributed by atoms with Gasteiger partial charge < -0.3 is 5.32 Å². The van der Waals surface area contributed by atoms with E-state index in [9.17, 15) is 4.79 Å². The third-order valence-corrected chi connectivity index (χ3v) is 3.81. The zero-order valence-corrected chi connectivity index (χ0v) is 13.5. The number of aromatic amines is 1. The number of halogens is 1. The van der Waals surface area contributed by atoms with Gasteiger partial charge in [-0.2, -0.15) is 5.10 Å². The molecule has 2 aromatic rings. The van der Waals surface area contributed by atoms with E-state index < -0.39 is 0 Å². The van der Waals surface area contributed by atoms with E-state index >= 15 is 0 Å². The summed E-state index contributed by atoms with van der Waals surface area (Å²) < 4.78 is 0. The average Bonchev–Trinajstić information content (AvgIpc) is 2.73. The molecule has 0 aliphatic rings. The molecule has 0 fully saturated rings. The first-order chi connectivity index (χ1) is 9.90. The maximum atomic E-state index is 12.7. The second-order valence-electron chi connectivity index (χ2n) is 5.57. The minimum atomic E-state index is -0.226. The molecule has 1 atom stereocenters. The number of nitrogens with zero attached hydrogens (tertiary/aromatic N) is 1. The Morgan fingerprint density at radius 2 is 1.86 bits per heavy atom. The van der Waals surface area contributed by atoms with E-state index in [1.807, 2.05) is 52.0 Å². The molecule has 1 aromatic carbocycles. The van der Waals surface area contributed by atoms with Crippen LogP contribution in [-0.2, 0) is 4.79 Å². The number of amides is 1. The van der Waals surface area contributed by atoms with Gasteiger partial charge in [-0.05, 0) is 37.5 Å². The Labute approximate surface area is 129 Å². The molecule has 0 bridgehead atoms. The number of nitrogens with one attached hydrogen (secondary N) is 2. The van der Waals surface area contributed by atoms with Gasteiger partial charge in [-0.15, -0.1) is 0 Å².